The number of anilines is 3. The molecule has 0 aliphatic heterocycles. The minimum Gasteiger partial charge on any atom is -0.310 e. The molecule has 0 N–H and O–H groups in total. The summed E-state index contributed by atoms with van der Waals surface area (Å²) < 4.78 is 2.37. The van der Waals surface area contributed by atoms with Crippen molar-refractivity contribution in [3.8, 4) is 16.8 Å². The van der Waals surface area contributed by atoms with E-state index < -0.39 is 0 Å². The maximum Gasteiger partial charge on any atom is 0.0542 e. The van der Waals surface area contributed by atoms with Crippen molar-refractivity contribution in [1.82, 2.24) is 4.57 Å². The number of fused-ring (bicyclic) bond motifs is 8. The van der Waals surface area contributed by atoms with Crippen molar-refractivity contribution in [3.63, 3.8) is 0 Å². The number of para-hydroxylation sites is 3. The number of hydrogen-bond donors (Lipinski definition) is 0. The molecule has 0 aliphatic carbocycles. The van der Waals surface area contributed by atoms with Crippen LogP contribution in [0.4, 0.5) is 17.1 Å². The molecule has 0 saturated carbocycles. The van der Waals surface area contributed by atoms with Crippen molar-refractivity contribution in [2.75, 3.05) is 4.90 Å². The molecule has 0 fully saturated rings. The maximum absolute atomic E-state index is 2.37. The monoisotopic (exact) mass is 636 g/mol. The van der Waals surface area contributed by atoms with Crippen molar-refractivity contribution in [2.24, 2.45) is 0 Å². The lowest BCUT2D eigenvalue weighted by atomic mass is 9.95. The molecule has 10 rings (SSSR count). The topological polar surface area (TPSA) is 8.17 Å². The van der Waals surface area contributed by atoms with Crippen LogP contribution in [0.2, 0.25) is 0 Å². The summed E-state index contributed by atoms with van der Waals surface area (Å²) >= 11 is 0. The van der Waals surface area contributed by atoms with Crippen molar-refractivity contribution >= 4 is 71.2 Å². The van der Waals surface area contributed by atoms with Crippen LogP contribution in [0.1, 0.15) is 0 Å². The van der Waals surface area contributed by atoms with Gasteiger partial charge in [-0.25, -0.2) is 0 Å². The third-order valence-electron chi connectivity index (χ3n) is 10.1. The molecule has 0 spiro atoms. The van der Waals surface area contributed by atoms with Gasteiger partial charge < -0.3 is 9.47 Å². The molecule has 2 heteroatoms. The second kappa shape index (κ2) is 11.5. The predicted octanol–water partition coefficient (Wildman–Crippen LogP) is 13.4. The van der Waals surface area contributed by atoms with Crippen LogP contribution in [0.5, 0.6) is 0 Å². The van der Waals surface area contributed by atoms with Gasteiger partial charge in [0.15, 0.2) is 0 Å². The van der Waals surface area contributed by atoms with Gasteiger partial charge in [-0.05, 0) is 110 Å². The largest absolute Gasteiger partial charge is 0.310 e. The van der Waals surface area contributed by atoms with E-state index in [2.05, 4.69) is 204 Å². The Morgan fingerprint density at radius 1 is 0.300 bits per heavy atom. The average Bonchev–Trinajstić information content (AvgIpc) is 3.52. The third kappa shape index (κ3) is 4.57. The summed E-state index contributed by atoms with van der Waals surface area (Å²) in [5.74, 6) is 0. The second-order valence-corrected chi connectivity index (χ2v) is 13.0. The molecule has 2 nitrogen and oxygen atoms in total. The van der Waals surface area contributed by atoms with Crippen molar-refractivity contribution < 1.29 is 0 Å². The van der Waals surface area contributed by atoms with Gasteiger partial charge in [0.1, 0.15) is 0 Å². The number of rotatable bonds is 5. The maximum atomic E-state index is 2.37. The molecule has 1 aromatic heterocycles. The zero-order chi connectivity index (χ0) is 33.0. The van der Waals surface area contributed by atoms with Gasteiger partial charge in [-0.1, -0.05) is 127 Å². The Labute approximate surface area is 290 Å². The van der Waals surface area contributed by atoms with Crippen LogP contribution in [0, 0.1) is 0 Å². The fraction of sp³-hybridized carbons (Fsp3) is 0. The molecular formula is C48H32N2. The van der Waals surface area contributed by atoms with E-state index in [1.807, 2.05) is 0 Å². The van der Waals surface area contributed by atoms with Crippen LogP contribution >= 0.6 is 0 Å². The van der Waals surface area contributed by atoms with E-state index in [0.717, 1.165) is 22.7 Å². The van der Waals surface area contributed by atoms with Gasteiger partial charge >= 0.3 is 0 Å². The Kier molecular flexibility index (Phi) is 6.53. The molecule has 0 radical (unpaired) electrons. The quantitative estimate of drug-likeness (QED) is 0.171. The van der Waals surface area contributed by atoms with Crippen LogP contribution in [0.3, 0.4) is 0 Å². The first-order chi connectivity index (χ1) is 24.8. The Hall–Kier alpha value is -6.64. The standard InChI is InChI=1S/C48H32N2/c1-3-12-37(13-4-1)49(40-26-30-48-46(32-40)45-17-9-10-18-47(45)50(48)38-14-5-2-6-15-38)39-24-19-33(20-25-39)35-22-27-42-36(31-35)23-29-43-41-16-8-7-11-34(41)21-28-44(42)43/h1-32H. The van der Waals surface area contributed by atoms with E-state index in [-0.39, 0.29) is 0 Å². The SMILES string of the molecule is c1ccc(N(c2ccc(-c3ccc4c(ccc5c6ccccc6ccc45)c3)cc2)c2ccc3c(c2)c2ccccc2n3-c2ccccc2)cc1. The Morgan fingerprint density at radius 2 is 0.860 bits per heavy atom. The van der Waals surface area contributed by atoms with Gasteiger partial charge in [-0.2, -0.15) is 0 Å². The summed E-state index contributed by atoms with van der Waals surface area (Å²) in [7, 11) is 0. The van der Waals surface area contributed by atoms with E-state index in [4.69, 9.17) is 0 Å². The number of aromatic nitrogens is 1. The van der Waals surface area contributed by atoms with Gasteiger partial charge in [0.2, 0.25) is 0 Å². The fourth-order valence-corrected chi connectivity index (χ4v) is 7.79. The number of benzene rings is 9. The first kappa shape index (κ1) is 28.4. The van der Waals surface area contributed by atoms with Gasteiger partial charge in [-0.15, -0.1) is 0 Å². The Balaban J connectivity index is 1.06. The lowest BCUT2D eigenvalue weighted by Gasteiger charge is -2.26. The number of nitrogens with zero attached hydrogens (tertiary/aromatic N) is 2. The highest BCUT2D eigenvalue weighted by atomic mass is 15.1. The summed E-state index contributed by atoms with van der Waals surface area (Å²) in [6.07, 6.45) is 0. The molecule has 0 bridgehead atoms. The number of hydrogen-bond acceptors (Lipinski definition) is 1. The van der Waals surface area contributed by atoms with Gasteiger partial charge in [0, 0.05) is 33.5 Å². The average molecular weight is 637 g/mol. The smallest absolute Gasteiger partial charge is 0.0542 e. The molecule has 0 saturated heterocycles. The summed E-state index contributed by atoms with van der Waals surface area (Å²) in [6.45, 7) is 0. The minimum absolute atomic E-state index is 1.12. The van der Waals surface area contributed by atoms with Crippen molar-refractivity contribution in [1.29, 1.82) is 0 Å². The molecule has 10 aromatic rings. The molecule has 234 valence electrons. The molecule has 50 heavy (non-hydrogen) atoms. The normalized spacial score (nSPS) is 11.6. The lowest BCUT2D eigenvalue weighted by Crippen LogP contribution is -2.09. The minimum atomic E-state index is 1.12. The molecule has 0 amide bonds. The van der Waals surface area contributed by atoms with E-state index in [1.54, 1.807) is 0 Å². The van der Waals surface area contributed by atoms with Crippen LogP contribution in [0.15, 0.2) is 194 Å². The van der Waals surface area contributed by atoms with Gasteiger partial charge in [0.25, 0.3) is 0 Å². The van der Waals surface area contributed by atoms with E-state index in [0.29, 0.717) is 0 Å². The van der Waals surface area contributed by atoms with E-state index >= 15 is 0 Å². The van der Waals surface area contributed by atoms with Crippen molar-refractivity contribution in [2.45, 2.75) is 0 Å². The highest BCUT2D eigenvalue weighted by Gasteiger charge is 2.17. The van der Waals surface area contributed by atoms with Crippen molar-refractivity contribution in [3.05, 3.63) is 194 Å². The molecular weight excluding hydrogens is 605 g/mol. The van der Waals surface area contributed by atoms with Crippen LogP contribution in [-0.2, 0) is 0 Å². The second-order valence-electron chi connectivity index (χ2n) is 13.0. The highest BCUT2D eigenvalue weighted by molar-refractivity contribution is 6.17. The van der Waals surface area contributed by atoms with Gasteiger partial charge in [-0.3, -0.25) is 0 Å². The van der Waals surface area contributed by atoms with Gasteiger partial charge in [0.05, 0.1) is 11.0 Å². The summed E-state index contributed by atoms with van der Waals surface area (Å²) in [4.78, 5) is 2.36. The third-order valence-corrected chi connectivity index (χ3v) is 10.1. The summed E-state index contributed by atoms with van der Waals surface area (Å²) in [6, 6.07) is 70.4. The molecule has 9 aromatic carbocycles. The van der Waals surface area contributed by atoms with E-state index in [1.165, 1.54) is 65.3 Å². The zero-order valence-corrected chi connectivity index (χ0v) is 27.4. The fourth-order valence-electron chi connectivity index (χ4n) is 7.79. The Morgan fingerprint density at radius 3 is 1.66 bits per heavy atom. The first-order valence-corrected chi connectivity index (χ1v) is 17.2. The molecule has 0 unspecified atom stereocenters. The molecule has 1 heterocycles. The molecule has 0 aliphatic rings. The predicted molar refractivity (Wildman–Crippen MR) is 213 cm³/mol. The lowest BCUT2D eigenvalue weighted by molar-refractivity contribution is 1.18. The first-order valence-electron chi connectivity index (χ1n) is 17.2. The van der Waals surface area contributed by atoms with Crippen LogP contribution in [-0.4, -0.2) is 4.57 Å². The summed E-state index contributed by atoms with van der Waals surface area (Å²) in [5.41, 5.74) is 9.34. The summed E-state index contributed by atoms with van der Waals surface area (Å²) in [5, 5.41) is 10.2. The Bertz CT molecular complexity index is 2850. The van der Waals surface area contributed by atoms with Crippen LogP contribution < -0.4 is 4.90 Å². The van der Waals surface area contributed by atoms with E-state index in [9.17, 15) is 0 Å². The molecule has 0 atom stereocenters. The highest BCUT2D eigenvalue weighted by Crippen LogP contribution is 2.40. The van der Waals surface area contributed by atoms with Crippen LogP contribution in [0.25, 0.3) is 70.9 Å². The zero-order valence-electron chi connectivity index (χ0n) is 27.4.